The lowest BCUT2D eigenvalue weighted by Crippen LogP contribution is -2.23. The van der Waals surface area contributed by atoms with Crippen LogP contribution in [0.15, 0.2) is 30.3 Å². The zero-order chi connectivity index (χ0) is 20.3. The molecule has 0 radical (unpaired) electrons. The van der Waals surface area contributed by atoms with Crippen LogP contribution in [0.5, 0.6) is 0 Å². The number of aryl methyl sites for hydroxylation is 1. The molecule has 0 aliphatic carbocycles. The van der Waals surface area contributed by atoms with Crippen molar-refractivity contribution in [2.75, 3.05) is 18.1 Å². The van der Waals surface area contributed by atoms with Crippen LogP contribution >= 0.6 is 0 Å². The molecule has 148 valence electrons. The summed E-state index contributed by atoms with van der Waals surface area (Å²) in [5, 5.41) is 0. The van der Waals surface area contributed by atoms with E-state index in [9.17, 15) is 14.4 Å². The molecule has 2 aromatic rings. The lowest BCUT2D eigenvalue weighted by atomic mass is 10.1. The number of hydrogen-bond acceptors (Lipinski definition) is 4. The van der Waals surface area contributed by atoms with Crippen molar-refractivity contribution in [2.45, 2.75) is 46.6 Å². The van der Waals surface area contributed by atoms with Gasteiger partial charge in [-0.1, -0.05) is 6.92 Å². The number of carbonyl (C=O) groups excluding carboxylic acids is 3. The number of rotatable bonds is 7. The van der Waals surface area contributed by atoms with Crippen molar-refractivity contribution in [3.63, 3.8) is 0 Å². The minimum absolute atomic E-state index is 0.0987. The Hall–Kier alpha value is -2.89. The average molecular weight is 382 g/mol. The van der Waals surface area contributed by atoms with Gasteiger partial charge in [0.25, 0.3) is 0 Å². The van der Waals surface area contributed by atoms with Crippen LogP contribution in [0.1, 0.15) is 58.3 Å². The number of ether oxygens (including phenoxy) is 1. The van der Waals surface area contributed by atoms with E-state index in [1.807, 2.05) is 19.9 Å². The third-order valence-corrected chi connectivity index (χ3v) is 5.14. The Kier molecular flexibility index (Phi) is 5.97. The lowest BCUT2D eigenvalue weighted by molar-refractivity contribution is -0.117. The predicted molar refractivity (Wildman–Crippen MR) is 107 cm³/mol. The van der Waals surface area contributed by atoms with Crippen LogP contribution in [0, 0.1) is 13.8 Å². The van der Waals surface area contributed by atoms with Crippen LogP contribution in [0.3, 0.4) is 0 Å². The average Bonchev–Trinajstić information content (AvgIpc) is 3.24. The van der Waals surface area contributed by atoms with Crippen molar-refractivity contribution in [1.82, 2.24) is 4.57 Å². The lowest BCUT2D eigenvalue weighted by Gasteiger charge is -2.15. The standard InChI is InChI=1S/C22H26N2O4/c1-4-11-23-15(2)13-19(16(23)3)20(25)14-28-22(27)17-7-9-18(10-8-17)24-12-5-6-21(24)26/h7-10,13H,4-6,11-12,14H2,1-3H3. The zero-order valence-corrected chi connectivity index (χ0v) is 16.7. The minimum atomic E-state index is -0.546. The van der Waals surface area contributed by atoms with Gasteiger partial charge in [0, 0.05) is 42.1 Å². The van der Waals surface area contributed by atoms with Crippen molar-refractivity contribution in [1.29, 1.82) is 0 Å². The maximum absolute atomic E-state index is 12.5. The first-order valence-corrected chi connectivity index (χ1v) is 9.69. The Morgan fingerprint density at radius 3 is 2.46 bits per heavy atom. The molecule has 0 bridgehead atoms. The molecule has 2 heterocycles. The molecule has 1 aromatic carbocycles. The molecule has 1 amide bonds. The number of esters is 1. The van der Waals surface area contributed by atoms with Crippen LogP contribution in [-0.4, -0.2) is 35.4 Å². The minimum Gasteiger partial charge on any atom is -0.454 e. The van der Waals surface area contributed by atoms with Crippen molar-refractivity contribution in [3.8, 4) is 0 Å². The van der Waals surface area contributed by atoms with Crippen LogP contribution in [0.25, 0.3) is 0 Å². The molecule has 28 heavy (non-hydrogen) atoms. The van der Waals surface area contributed by atoms with Crippen LogP contribution < -0.4 is 4.90 Å². The highest BCUT2D eigenvalue weighted by Gasteiger charge is 2.22. The van der Waals surface area contributed by atoms with Gasteiger partial charge in [0.15, 0.2) is 6.61 Å². The van der Waals surface area contributed by atoms with Gasteiger partial charge in [-0.15, -0.1) is 0 Å². The SMILES string of the molecule is CCCn1c(C)cc(C(=O)COC(=O)c2ccc(N3CCCC3=O)cc2)c1C. The molecule has 1 aliphatic heterocycles. The molecule has 6 heteroatoms. The van der Waals surface area contributed by atoms with Crippen LogP contribution in [-0.2, 0) is 16.1 Å². The molecule has 6 nitrogen and oxygen atoms in total. The number of carbonyl (C=O) groups is 3. The highest BCUT2D eigenvalue weighted by molar-refractivity contribution is 6.00. The molecule has 3 rings (SSSR count). The first-order chi connectivity index (χ1) is 13.4. The third-order valence-electron chi connectivity index (χ3n) is 5.14. The maximum atomic E-state index is 12.5. The Bertz CT molecular complexity index is 896. The third kappa shape index (κ3) is 4.01. The second-order valence-electron chi connectivity index (χ2n) is 7.13. The van der Waals surface area contributed by atoms with E-state index in [2.05, 4.69) is 11.5 Å². The second-order valence-corrected chi connectivity index (χ2v) is 7.13. The van der Waals surface area contributed by atoms with E-state index in [4.69, 9.17) is 4.74 Å². The van der Waals surface area contributed by atoms with Crippen LogP contribution in [0.4, 0.5) is 5.69 Å². The predicted octanol–water partition coefficient (Wildman–Crippen LogP) is 3.68. The van der Waals surface area contributed by atoms with Gasteiger partial charge in [-0.2, -0.15) is 0 Å². The summed E-state index contributed by atoms with van der Waals surface area (Å²) < 4.78 is 7.32. The first-order valence-electron chi connectivity index (χ1n) is 9.69. The fourth-order valence-electron chi connectivity index (χ4n) is 3.64. The topological polar surface area (TPSA) is 68.6 Å². The number of nitrogens with zero attached hydrogens (tertiary/aromatic N) is 2. The number of hydrogen-bond donors (Lipinski definition) is 0. The zero-order valence-electron chi connectivity index (χ0n) is 16.7. The highest BCUT2D eigenvalue weighted by Crippen LogP contribution is 2.22. The van der Waals surface area contributed by atoms with Crippen LogP contribution in [0.2, 0.25) is 0 Å². The fraction of sp³-hybridized carbons (Fsp3) is 0.409. The van der Waals surface area contributed by atoms with E-state index in [1.165, 1.54) is 0 Å². The Morgan fingerprint density at radius 1 is 1.14 bits per heavy atom. The first kappa shape index (κ1) is 19.9. The fourth-order valence-corrected chi connectivity index (χ4v) is 3.64. The molecular weight excluding hydrogens is 356 g/mol. The van der Waals surface area contributed by atoms with Crippen molar-refractivity contribution >= 4 is 23.3 Å². The van der Waals surface area contributed by atoms with E-state index >= 15 is 0 Å². The Morgan fingerprint density at radius 2 is 1.86 bits per heavy atom. The van der Waals surface area contributed by atoms with E-state index in [0.717, 1.165) is 36.5 Å². The molecule has 1 fully saturated rings. The van der Waals surface area contributed by atoms with Crippen molar-refractivity contribution in [2.24, 2.45) is 0 Å². The molecule has 0 atom stereocenters. The number of aromatic nitrogens is 1. The van der Waals surface area contributed by atoms with Gasteiger partial charge in [0.05, 0.1) is 5.56 Å². The quantitative estimate of drug-likeness (QED) is 0.541. The summed E-state index contributed by atoms with van der Waals surface area (Å²) in [4.78, 5) is 38.3. The number of amides is 1. The van der Waals surface area contributed by atoms with Crippen molar-refractivity contribution in [3.05, 3.63) is 52.8 Å². The monoisotopic (exact) mass is 382 g/mol. The smallest absolute Gasteiger partial charge is 0.338 e. The van der Waals surface area contributed by atoms with Crippen molar-refractivity contribution < 1.29 is 19.1 Å². The molecule has 0 saturated carbocycles. The van der Waals surface area contributed by atoms with E-state index in [1.54, 1.807) is 29.2 Å². The van der Waals surface area contributed by atoms with Gasteiger partial charge in [-0.25, -0.2) is 4.79 Å². The highest BCUT2D eigenvalue weighted by atomic mass is 16.5. The van der Waals surface area contributed by atoms with Gasteiger partial charge < -0.3 is 14.2 Å². The van der Waals surface area contributed by atoms with E-state index in [0.29, 0.717) is 24.1 Å². The number of ketones is 1. The number of benzene rings is 1. The number of Topliss-reactive ketones (excluding diaryl/α,β-unsaturated/α-hetero) is 1. The van der Waals surface area contributed by atoms with Gasteiger partial charge in [-0.3, -0.25) is 9.59 Å². The maximum Gasteiger partial charge on any atom is 0.338 e. The molecule has 0 unspecified atom stereocenters. The summed E-state index contributed by atoms with van der Waals surface area (Å²) in [5.74, 6) is -0.653. The summed E-state index contributed by atoms with van der Waals surface area (Å²) in [5.41, 5.74) is 3.67. The normalized spacial score (nSPS) is 13.8. The van der Waals surface area contributed by atoms with E-state index in [-0.39, 0.29) is 18.3 Å². The van der Waals surface area contributed by atoms with Gasteiger partial charge in [0.2, 0.25) is 11.7 Å². The van der Waals surface area contributed by atoms with Gasteiger partial charge in [-0.05, 0) is 57.0 Å². The largest absolute Gasteiger partial charge is 0.454 e. The summed E-state index contributed by atoms with van der Waals surface area (Å²) in [6.45, 7) is 7.24. The summed E-state index contributed by atoms with van der Waals surface area (Å²) in [6.07, 6.45) is 2.40. The molecule has 1 aliphatic rings. The summed E-state index contributed by atoms with van der Waals surface area (Å²) in [6, 6.07) is 8.57. The summed E-state index contributed by atoms with van der Waals surface area (Å²) >= 11 is 0. The Labute approximate surface area is 165 Å². The molecule has 0 N–H and O–H groups in total. The van der Waals surface area contributed by atoms with Gasteiger partial charge in [0.1, 0.15) is 0 Å². The second kappa shape index (κ2) is 8.42. The number of anilines is 1. The Balaban J connectivity index is 1.61. The molecule has 0 spiro atoms. The summed E-state index contributed by atoms with van der Waals surface area (Å²) in [7, 11) is 0. The van der Waals surface area contributed by atoms with Gasteiger partial charge >= 0.3 is 5.97 Å². The van der Waals surface area contributed by atoms with E-state index < -0.39 is 5.97 Å². The molecular formula is C22H26N2O4. The molecule has 1 aromatic heterocycles. The molecule has 1 saturated heterocycles.